The van der Waals surface area contributed by atoms with E-state index in [0.717, 1.165) is 12.1 Å². The largest absolute Gasteiger partial charge is 0.347 e. The first-order valence-corrected chi connectivity index (χ1v) is 9.63. The van der Waals surface area contributed by atoms with Crippen LogP contribution in [0.1, 0.15) is 19.4 Å². The van der Waals surface area contributed by atoms with E-state index in [9.17, 15) is 0 Å². The fourth-order valence-corrected chi connectivity index (χ4v) is 3.70. The maximum atomic E-state index is 5.76. The second kappa shape index (κ2) is 7.42. The summed E-state index contributed by atoms with van der Waals surface area (Å²) in [7, 11) is 0. The standard InChI is InChI=1S/C25H26N2/c1-18(2)16-27-17-24(21-10-8-19(15-26)9-11-21)23-13-12-22(14-25(23)27)20-6-4-3-5-7-20/h3-14,17-18H,15-16,26H2,1-2H3. The summed E-state index contributed by atoms with van der Waals surface area (Å²) in [6.45, 7) is 6.12. The molecular formula is C25H26N2. The number of rotatable bonds is 5. The van der Waals surface area contributed by atoms with E-state index in [2.05, 4.69) is 97.4 Å². The molecule has 0 saturated heterocycles. The van der Waals surface area contributed by atoms with Gasteiger partial charge in [-0.2, -0.15) is 0 Å². The molecular weight excluding hydrogens is 328 g/mol. The molecule has 0 fully saturated rings. The first-order chi connectivity index (χ1) is 13.2. The van der Waals surface area contributed by atoms with E-state index < -0.39 is 0 Å². The van der Waals surface area contributed by atoms with Gasteiger partial charge < -0.3 is 10.3 Å². The molecule has 2 heteroatoms. The van der Waals surface area contributed by atoms with Gasteiger partial charge in [0.2, 0.25) is 0 Å². The Kier molecular flexibility index (Phi) is 4.83. The molecule has 2 N–H and O–H groups in total. The van der Waals surface area contributed by atoms with E-state index in [0.29, 0.717) is 12.5 Å². The van der Waals surface area contributed by atoms with E-state index in [4.69, 9.17) is 5.73 Å². The average molecular weight is 354 g/mol. The van der Waals surface area contributed by atoms with Crippen LogP contribution >= 0.6 is 0 Å². The lowest BCUT2D eigenvalue weighted by molar-refractivity contribution is 0.535. The maximum absolute atomic E-state index is 5.76. The van der Waals surface area contributed by atoms with Gasteiger partial charge in [0.05, 0.1) is 0 Å². The predicted molar refractivity (Wildman–Crippen MR) is 116 cm³/mol. The molecule has 0 aliphatic rings. The quantitative estimate of drug-likeness (QED) is 0.462. The van der Waals surface area contributed by atoms with Crippen molar-refractivity contribution in [3.8, 4) is 22.3 Å². The summed E-state index contributed by atoms with van der Waals surface area (Å²) in [5.41, 5.74) is 13.3. The van der Waals surface area contributed by atoms with Crippen molar-refractivity contribution in [3.63, 3.8) is 0 Å². The van der Waals surface area contributed by atoms with E-state index in [1.165, 1.54) is 33.2 Å². The van der Waals surface area contributed by atoms with Crippen molar-refractivity contribution < 1.29 is 0 Å². The van der Waals surface area contributed by atoms with Gasteiger partial charge in [0.25, 0.3) is 0 Å². The van der Waals surface area contributed by atoms with Gasteiger partial charge in [0, 0.05) is 35.8 Å². The second-order valence-electron chi connectivity index (χ2n) is 7.59. The van der Waals surface area contributed by atoms with Crippen molar-refractivity contribution in [1.29, 1.82) is 0 Å². The lowest BCUT2D eigenvalue weighted by Crippen LogP contribution is -2.02. The Morgan fingerprint density at radius 1 is 0.815 bits per heavy atom. The van der Waals surface area contributed by atoms with Crippen molar-refractivity contribution in [1.82, 2.24) is 4.57 Å². The number of benzene rings is 3. The zero-order chi connectivity index (χ0) is 18.8. The number of hydrogen-bond acceptors (Lipinski definition) is 1. The summed E-state index contributed by atoms with van der Waals surface area (Å²) in [6, 6.07) is 26.0. The monoisotopic (exact) mass is 354 g/mol. The molecule has 0 aliphatic heterocycles. The minimum Gasteiger partial charge on any atom is -0.347 e. The van der Waals surface area contributed by atoms with Crippen LogP contribution in [-0.2, 0) is 13.1 Å². The Balaban J connectivity index is 1.87. The zero-order valence-electron chi connectivity index (χ0n) is 16.0. The van der Waals surface area contributed by atoms with Crippen molar-refractivity contribution in [2.24, 2.45) is 11.7 Å². The lowest BCUT2D eigenvalue weighted by Gasteiger charge is -2.09. The summed E-state index contributed by atoms with van der Waals surface area (Å²) in [4.78, 5) is 0. The van der Waals surface area contributed by atoms with Crippen LogP contribution in [0.5, 0.6) is 0 Å². The molecule has 136 valence electrons. The van der Waals surface area contributed by atoms with Crippen molar-refractivity contribution in [2.75, 3.05) is 0 Å². The number of fused-ring (bicyclic) bond motifs is 1. The highest BCUT2D eigenvalue weighted by Crippen LogP contribution is 2.34. The third kappa shape index (κ3) is 3.54. The summed E-state index contributed by atoms with van der Waals surface area (Å²) >= 11 is 0. The van der Waals surface area contributed by atoms with Crippen LogP contribution in [-0.4, -0.2) is 4.57 Å². The van der Waals surface area contributed by atoms with Crippen molar-refractivity contribution in [3.05, 3.63) is 84.6 Å². The summed E-state index contributed by atoms with van der Waals surface area (Å²) in [5.74, 6) is 0.591. The van der Waals surface area contributed by atoms with Crippen LogP contribution in [0.25, 0.3) is 33.2 Å². The molecule has 1 aromatic heterocycles. The van der Waals surface area contributed by atoms with Crippen LogP contribution in [0.2, 0.25) is 0 Å². The van der Waals surface area contributed by atoms with E-state index in [1.807, 2.05) is 0 Å². The molecule has 1 heterocycles. The van der Waals surface area contributed by atoms with Crippen LogP contribution in [0.15, 0.2) is 79.0 Å². The first kappa shape index (κ1) is 17.6. The molecule has 0 aliphatic carbocycles. The Hall–Kier alpha value is -2.84. The van der Waals surface area contributed by atoms with E-state index in [-0.39, 0.29) is 0 Å². The zero-order valence-corrected chi connectivity index (χ0v) is 16.0. The maximum Gasteiger partial charge on any atom is 0.0493 e. The Morgan fingerprint density at radius 3 is 2.19 bits per heavy atom. The molecule has 4 aromatic rings. The molecule has 0 unspecified atom stereocenters. The molecule has 3 aromatic carbocycles. The number of hydrogen-bond donors (Lipinski definition) is 1. The smallest absolute Gasteiger partial charge is 0.0493 e. The fourth-order valence-electron chi connectivity index (χ4n) is 3.70. The van der Waals surface area contributed by atoms with Crippen LogP contribution in [0.4, 0.5) is 0 Å². The van der Waals surface area contributed by atoms with Crippen LogP contribution < -0.4 is 5.73 Å². The van der Waals surface area contributed by atoms with Gasteiger partial charge in [-0.05, 0) is 34.2 Å². The number of nitrogens with two attached hydrogens (primary N) is 1. The van der Waals surface area contributed by atoms with E-state index in [1.54, 1.807) is 0 Å². The normalized spacial score (nSPS) is 11.4. The number of nitrogens with zero attached hydrogens (tertiary/aromatic N) is 1. The fraction of sp³-hybridized carbons (Fsp3) is 0.200. The molecule has 27 heavy (non-hydrogen) atoms. The van der Waals surface area contributed by atoms with Gasteiger partial charge in [0.15, 0.2) is 0 Å². The predicted octanol–water partition coefficient (Wildman–Crippen LogP) is 6.09. The minimum absolute atomic E-state index is 0.579. The van der Waals surface area contributed by atoms with E-state index >= 15 is 0 Å². The molecule has 0 atom stereocenters. The minimum atomic E-state index is 0.579. The lowest BCUT2D eigenvalue weighted by atomic mass is 10.00. The van der Waals surface area contributed by atoms with Crippen LogP contribution in [0.3, 0.4) is 0 Å². The third-order valence-corrected chi connectivity index (χ3v) is 5.05. The summed E-state index contributed by atoms with van der Waals surface area (Å²) in [5, 5.41) is 1.30. The number of aromatic nitrogens is 1. The Bertz CT molecular complexity index is 1040. The SMILES string of the molecule is CC(C)Cn1cc(-c2ccc(CN)cc2)c2ccc(-c3ccccc3)cc21. The van der Waals surface area contributed by atoms with Crippen molar-refractivity contribution in [2.45, 2.75) is 26.9 Å². The highest BCUT2D eigenvalue weighted by Gasteiger charge is 2.12. The van der Waals surface area contributed by atoms with Crippen LogP contribution in [0, 0.1) is 5.92 Å². The van der Waals surface area contributed by atoms with Crippen molar-refractivity contribution >= 4 is 10.9 Å². The third-order valence-electron chi connectivity index (χ3n) is 5.05. The molecule has 2 nitrogen and oxygen atoms in total. The van der Waals surface area contributed by atoms with Gasteiger partial charge in [-0.25, -0.2) is 0 Å². The molecule has 0 radical (unpaired) electrons. The summed E-state index contributed by atoms with van der Waals surface area (Å²) in [6.07, 6.45) is 2.30. The van der Waals surface area contributed by atoms with Gasteiger partial charge in [-0.15, -0.1) is 0 Å². The molecule has 4 rings (SSSR count). The van der Waals surface area contributed by atoms with Gasteiger partial charge in [-0.3, -0.25) is 0 Å². The highest BCUT2D eigenvalue weighted by molar-refractivity contribution is 5.98. The van der Waals surface area contributed by atoms with Gasteiger partial charge >= 0.3 is 0 Å². The molecule has 0 bridgehead atoms. The molecule has 0 spiro atoms. The average Bonchev–Trinajstić information content (AvgIpc) is 3.06. The topological polar surface area (TPSA) is 30.9 Å². The highest BCUT2D eigenvalue weighted by atomic mass is 15.0. The Labute approximate surface area is 161 Å². The molecule has 0 saturated carbocycles. The second-order valence-corrected chi connectivity index (χ2v) is 7.59. The molecule has 0 amide bonds. The summed E-state index contributed by atoms with van der Waals surface area (Å²) < 4.78 is 2.40. The van der Waals surface area contributed by atoms with Gasteiger partial charge in [-0.1, -0.05) is 80.6 Å². The Morgan fingerprint density at radius 2 is 1.52 bits per heavy atom. The van der Waals surface area contributed by atoms with Gasteiger partial charge in [0.1, 0.15) is 0 Å². The first-order valence-electron chi connectivity index (χ1n) is 9.63.